The summed E-state index contributed by atoms with van der Waals surface area (Å²) in [6, 6.07) is 12.8. The molecule has 2 aromatic rings. The van der Waals surface area contributed by atoms with Gasteiger partial charge in [0.1, 0.15) is 6.54 Å². The van der Waals surface area contributed by atoms with Crippen LogP contribution in [0.3, 0.4) is 0 Å². The van der Waals surface area contributed by atoms with E-state index in [2.05, 4.69) is 74.9 Å². The van der Waals surface area contributed by atoms with Crippen molar-refractivity contribution in [2.75, 3.05) is 13.1 Å². The highest BCUT2D eigenvalue weighted by Gasteiger charge is 2.36. The number of carbonyl (C=O) groups is 2. The van der Waals surface area contributed by atoms with E-state index in [0.29, 0.717) is 6.54 Å². The van der Waals surface area contributed by atoms with Crippen molar-refractivity contribution in [2.45, 2.75) is 78.9 Å². The third-order valence-corrected chi connectivity index (χ3v) is 6.48. The number of nitrogens with zero attached hydrogens (tertiary/aromatic N) is 3. The highest BCUT2D eigenvalue weighted by atomic mass is 16.2. The number of benzene rings is 1. The Labute approximate surface area is 193 Å². The maximum Gasteiger partial charge on any atom is 0.242 e. The van der Waals surface area contributed by atoms with Gasteiger partial charge in [-0.2, -0.15) is 0 Å². The van der Waals surface area contributed by atoms with E-state index in [1.165, 1.54) is 11.1 Å². The summed E-state index contributed by atoms with van der Waals surface area (Å²) in [4.78, 5) is 30.0. The zero-order chi connectivity index (χ0) is 23.1. The van der Waals surface area contributed by atoms with Crippen LogP contribution in [0.4, 0.5) is 0 Å². The van der Waals surface area contributed by atoms with Crippen LogP contribution in [0, 0.1) is 12.8 Å². The maximum absolute atomic E-state index is 13.4. The summed E-state index contributed by atoms with van der Waals surface area (Å²) < 4.78 is 2.22. The summed E-state index contributed by atoms with van der Waals surface area (Å²) in [5.74, 6) is 0.342. The largest absolute Gasteiger partial charge is 0.345 e. The highest BCUT2D eigenvalue weighted by Crippen LogP contribution is 2.32. The van der Waals surface area contributed by atoms with Gasteiger partial charge < -0.3 is 14.4 Å². The monoisotopic (exact) mass is 437 g/mol. The summed E-state index contributed by atoms with van der Waals surface area (Å²) in [6.45, 7) is 10.7. The van der Waals surface area contributed by atoms with Crippen LogP contribution >= 0.6 is 0 Å². The minimum Gasteiger partial charge on any atom is -0.345 e. The summed E-state index contributed by atoms with van der Waals surface area (Å²) in [7, 11) is 0. The average molecular weight is 438 g/mol. The zero-order valence-corrected chi connectivity index (χ0v) is 20.2. The maximum atomic E-state index is 13.4. The number of carbonyl (C=O) groups excluding carboxylic acids is 2. The first-order valence-electron chi connectivity index (χ1n) is 12.2. The molecule has 0 spiro atoms. The predicted molar refractivity (Wildman–Crippen MR) is 129 cm³/mol. The summed E-state index contributed by atoms with van der Waals surface area (Å²) in [5.41, 5.74) is 3.63. The minimum atomic E-state index is 0.0519. The van der Waals surface area contributed by atoms with Crippen LogP contribution in [0.2, 0.25) is 0 Å². The fourth-order valence-corrected chi connectivity index (χ4v) is 4.07. The van der Waals surface area contributed by atoms with Crippen molar-refractivity contribution in [2.24, 2.45) is 5.92 Å². The third-order valence-electron chi connectivity index (χ3n) is 6.48. The van der Waals surface area contributed by atoms with Crippen molar-refractivity contribution in [3.8, 4) is 0 Å². The van der Waals surface area contributed by atoms with Gasteiger partial charge in [0.05, 0.1) is 6.54 Å². The highest BCUT2D eigenvalue weighted by molar-refractivity contribution is 5.87. The van der Waals surface area contributed by atoms with Crippen molar-refractivity contribution < 1.29 is 9.59 Å². The summed E-state index contributed by atoms with van der Waals surface area (Å²) >= 11 is 0. The molecule has 32 heavy (non-hydrogen) atoms. The first-order valence-corrected chi connectivity index (χ1v) is 12.2. The zero-order valence-electron chi connectivity index (χ0n) is 20.2. The van der Waals surface area contributed by atoms with Crippen molar-refractivity contribution in [1.82, 2.24) is 14.4 Å². The molecule has 0 aliphatic heterocycles. The number of aryl methyl sites for hydroxylation is 1. The molecular weight excluding hydrogens is 398 g/mol. The molecule has 0 bridgehead atoms. The lowest BCUT2D eigenvalue weighted by Gasteiger charge is -2.31. The normalized spacial score (nSPS) is 14.2. The first kappa shape index (κ1) is 24.1. The molecule has 1 aliphatic carbocycles. The van der Waals surface area contributed by atoms with Crippen LogP contribution in [-0.4, -0.2) is 45.3 Å². The molecular formula is C27H39N3O2. The number of hydrogen-bond donors (Lipinski definition) is 0. The Morgan fingerprint density at radius 3 is 2.59 bits per heavy atom. The van der Waals surface area contributed by atoms with Gasteiger partial charge in [0.15, 0.2) is 0 Å². The van der Waals surface area contributed by atoms with E-state index >= 15 is 0 Å². The second-order valence-corrected chi connectivity index (χ2v) is 9.28. The molecule has 1 atom stereocenters. The lowest BCUT2D eigenvalue weighted by Crippen LogP contribution is -2.47. The van der Waals surface area contributed by atoms with E-state index in [1.807, 2.05) is 9.80 Å². The molecule has 1 aliphatic rings. The van der Waals surface area contributed by atoms with Gasteiger partial charge in [0.2, 0.25) is 11.8 Å². The Balaban J connectivity index is 1.73. The molecule has 1 fully saturated rings. The molecule has 1 heterocycles. The number of amides is 2. The minimum absolute atomic E-state index is 0.0519. The molecule has 0 N–H and O–H groups in total. The van der Waals surface area contributed by atoms with Gasteiger partial charge >= 0.3 is 0 Å². The number of rotatable bonds is 12. The molecule has 1 aromatic heterocycles. The van der Waals surface area contributed by atoms with E-state index in [1.54, 1.807) is 0 Å². The smallest absolute Gasteiger partial charge is 0.242 e. The quantitative estimate of drug-likeness (QED) is 0.468. The predicted octanol–water partition coefficient (Wildman–Crippen LogP) is 5.01. The lowest BCUT2D eigenvalue weighted by atomic mass is 10.1. The van der Waals surface area contributed by atoms with Gasteiger partial charge in [0.25, 0.3) is 0 Å². The molecule has 2 amide bonds. The van der Waals surface area contributed by atoms with Crippen molar-refractivity contribution in [1.29, 1.82) is 0 Å². The van der Waals surface area contributed by atoms with E-state index < -0.39 is 0 Å². The van der Waals surface area contributed by atoms with Crippen molar-refractivity contribution in [3.63, 3.8) is 0 Å². The average Bonchev–Trinajstić information content (AvgIpc) is 3.55. The SMILES string of the molecule is CCCCN(Cc1cccn1Cc1cccc(C)c1)C(=O)CN(C(=O)C1CC1)C(C)CC. The fourth-order valence-electron chi connectivity index (χ4n) is 4.07. The molecule has 0 radical (unpaired) electrons. The van der Waals surface area contributed by atoms with Crippen LogP contribution < -0.4 is 0 Å². The molecule has 1 unspecified atom stereocenters. The van der Waals surface area contributed by atoms with E-state index in [4.69, 9.17) is 0 Å². The molecule has 174 valence electrons. The van der Waals surface area contributed by atoms with E-state index in [9.17, 15) is 9.59 Å². The standard InChI is InChI=1S/C27H39N3O2/c1-5-7-15-29(26(31)20-30(22(4)6-2)27(32)24-13-14-24)19-25-12-9-16-28(25)18-23-11-8-10-21(3)17-23/h8-12,16-17,22,24H,5-7,13-15,18-20H2,1-4H3. The Kier molecular flexibility index (Phi) is 8.54. The molecule has 1 aromatic carbocycles. The van der Waals surface area contributed by atoms with Gasteiger partial charge in [-0.05, 0) is 57.2 Å². The second kappa shape index (κ2) is 11.3. The van der Waals surface area contributed by atoms with Crippen LogP contribution in [0.5, 0.6) is 0 Å². The number of hydrogen-bond acceptors (Lipinski definition) is 2. The van der Waals surface area contributed by atoms with Crippen LogP contribution in [-0.2, 0) is 22.7 Å². The Hall–Kier alpha value is -2.56. The third kappa shape index (κ3) is 6.47. The number of unbranched alkanes of at least 4 members (excludes halogenated alkanes) is 1. The summed E-state index contributed by atoms with van der Waals surface area (Å²) in [6.07, 6.45) is 6.87. The van der Waals surface area contributed by atoms with Gasteiger partial charge in [-0.1, -0.05) is 50.1 Å². The van der Waals surface area contributed by atoms with Crippen LogP contribution in [0.1, 0.15) is 69.7 Å². The molecule has 0 saturated heterocycles. The topological polar surface area (TPSA) is 45.6 Å². The van der Waals surface area contributed by atoms with E-state index in [0.717, 1.165) is 50.9 Å². The van der Waals surface area contributed by atoms with Crippen LogP contribution in [0.25, 0.3) is 0 Å². The van der Waals surface area contributed by atoms with Gasteiger partial charge in [-0.15, -0.1) is 0 Å². The van der Waals surface area contributed by atoms with Gasteiger partial charge in [-0.25, -0.2) is 0 Å². The summed E-state index contributed by atoms with van der Waals surface area (Å²) in [5, 5.41) is 0. The van der Waals surface area contributed by atoms with E-state index in [-0.39, 0.29) is 30.3 Å². The number of aromatic nitrogens is 1. The van der Waals surface area contributed by atoms with Crippen molar-refractivity contribution in [3.05, 3.63) is 59.4 Å². The Bertz CT molecular complexity index is 900. The molecule has 3 rings (SSSR count). The molecule has 1 saturated carbocycles. The second-order valence-electron chi connectivity index (χ2n) is 9.28. The fraction of sp³-hybridized carbons (Fsp3) is 0.556. The molecule has 5 heteroatoms. The van der Waals surface area contributed by atoms with Gasteiger partial charge in [0, 0.05) is 36.9 Å². The lowest BCUT2D eigenvalue weighted by molar-refractivity contribution is -0.143. The Morgan fingerprint density at radius 1 is 1.16 bits per heavy atom. The first-order chi connectivity index (χ1) is 15.4. The Morgan fingerprint density at radius 2 is 1.94 bits per heavy atom. The van der Waals surface area contributed by atoms with Crippen molar-refractivity contribution >= 4 is 11.8 Å². The molecule has 5 nitrogen and oxygen atoms in total. The van der Waals surface area contributed by atoms with Gasteiger partial charge in [-0.3, -0.25) is 9.59 Å². The van der Waals surface area contributed by atoms with Crippen LogP contribution in [0.15, 0.2) is 42.6 Å².